The summed E-state index contributed by atoms with van der Waals surface area (Å²) in [6.07, 6.45) is 1.38. The first-order valence-corrected chi connectivity index (χ1v) is 8.79. The highest BCUT2D eigenvalue weighted by molar-refractivity contribution is 7.33. The molecule has 1 rings (SSSR count). The minimum atomic E-state index is -2.03. The number of hydrogen-bond donors (Lipinski definition) is 0. The van der Waals surface area contributed by atoms with Crippen LogP contribution < -0.4 is 0 Å². The molecule has 5 atom stereocenters. The molecule has 0 spiro atoms. The molecule has 1 heterocycles. The van der Waals surface area contributed by atoms with Gasteiger partial charge in [-0.25, -0.2) is 0 Å². The Morgan fingerprint density at radius 3 is 2.30 bits per heavy atom. The lowest BCUT2D eigenvalue weighted by Crippen LogP contribution is -2.25. The molecule has 0 aromatic rings. The van der Waals surface area contributed by atoms with E-state index in [1.807, 2.05) is 13.8 Å². The van der Waals surface area contributed by atoms with Gasteiger partial charge in [0.15, 0.2) is 0 Å². The van der Waals surface area contributed by atoms with E-state index < -0.39 is 8.25 Å². The van der Waals surface area contributed by atoms with Crippen molar-refractivity contribution in [1.29, 1.82) is 0 Å². The fraction of sp³-hybridized carbons (Fsp3) is 1.00. The number of ether oxygens (including phenoxy) is 1. The highest BCUT2D eigenvalue weighted by Gasteiger charge is 2.41. The molecule has 1 aliphatic rings. The van der Waals surface area contributed by atoms with Crippen LogP contribution in [0.5, 0.6) is 0 Å². The van der Waals surface area contributed by atoms with Gasteiger partial charge in [-0.3, -0.25) is 0 Å². The molecule has 1 saturated heterocycles. The summed E-state index contributed by atoms with van der Waals surface area (Å²) in [5, 5.41) is 0. The van der Waals surface area contributed by atoms with Crippen molar-refractivity contribution in [2.24, 2.45) is 23.7 Å². The maximum absolute atomic E-state index is 11.6. The molecule has 2 unspecified atom stereocenters. The molecular formula is C15H30O4P+. The first-order chi connectivity index (χ1) is 9.31. The average molecular weight is 305 g/mol. The van der Waals surface area contributed by atoms with Crippen molar-refractivity contribution >= 4 is 8.25 Å². The van der Waals surface area contributed by atoms with Crippen LogP contribution in [0, 0.1) is 23.7 Å². The van der Waals surface area contributed by atoms with E-state index in [0.717, 1.165) is 6.42 Å². The van der Waals surface area contributed by atoms with E-state index >= 15 is 0 Å². The Labute approximate surface area is 124 Å². The van der Waals surface area contributed by atoms with Crippen LogP contribution in [0.4, 0.5) is 0 Å². The van der Waals surface area contributed by atoms with Crippen molar-refractivity contribution in [3.63, 3.8) is 0 Å². The number of rotatable bonds is 8. The Hall–Kier alpha value is -0.0200. The Bertz CT molecular complexity index is 306. The molecule has 1 aliphatic heterocycles. The van der Waals surface area contributed by atoms with Crippen LogP contribution in [-0.4, -0.2) is 25.4 Å². The average Bonchev–Trinajstić information content (AvgIpc) is 2.61. The normalized spacial score (nSPS) is 31.3. The zero-order valence-electron chi connectivity index (χ0n) is 13.7. The van der Waals surface area contributed by atoms with Crippen molar-refractivity contribution in [2.75, 3.05) is 13.2 Å². The largest absolute Gasteiger partial charge is 0.697 e. The third-order valence-electron chi connectivity index (χ3n) is 3.88. The molecule has 0 aromatic carbocycles. The SMILES string of the molecule is CC(C)CO[P+](=O)OC[C@H]1O[C@@H](C)[C@@H](C)C1CC(C)C. The van der Waals surface area contributed by atoms with Crippen LogP contribution in [0.2, 0.25) is 0 Å². The predicted octanol–water partition coefficient (Wildman–Crippen LogP) is 4.42. The van der Waals surface area contributed by atoms with E-state index in [0.29, 0.717) is 36.9 Å². The molecule has 0 aromatic heterocycles. The van der Waals surface area contributed by atoms with E-state index in [2.05, 4.69) is 27.7 Å². The van der Waals surface area contributed by atoms with Gasteiger partial charge in [-0.2, -0.15) is 0 Å². The predicted molar refractivity (Wildman–Crippen MR) is 80.8 cm³/mol. The molecule has 0 N–H and O–H groups in total. The Kier molecular flexibility index (Phi) is 7.60. The van der Waals surface area contributed by atoms with Gasteiger partial charge < -0.3 is 4.74 Å². The molecule has 0 aliphatic carbocycles. The van der Waals surface area contributed by atoms with E-state index in [1.165, 1.54) is 0 Å². The minimum Gasteiger partial charge on any atom is -0.372 e. The summed E-state index contributed by atoms with van der Waals surface area (Å²) in [6, 6.07) is 0. The van der Waals surface area contributed by atoms with Crippen LogP contribution in [0.15, 0.2) is 0 Å². The third kappa shape index (κ3) is 5.77. The molecule has 5 heteroatoms. The smallest absolute Gasteiger partial charge is 0.372 e. The first-order valence-electron chi connectivity index (χ1n) is 7.69. The van der Waals surface area contributed by atoms with Crippen molar-refractivity contribution < 1.29 is 18.3 Å². The standard InChI is InChI=1S/C15H30O4P/c1-10(2)7-14-12(5)13(6)19-15(14)9-18-20(16)17-8-11(3)4/h10-15H,7-9H2,1-6H3/q+1/t12-,13+,14?,15-/m1/s1. The zero-order valence-corrected chi connectivity index (χ0v) is 14.6. The fourth-order valence-corrected chi connectivity index (χ4v) is 3.41. The summed E-state index contributed by atoms with van der Waals surface area (Å²) < 4.78 is 28.1. The monoisotopic (exact) mass is 305 g/mol. The fourth-order valence-electron chi connectivity index (χ4n) is 2.64. The molecule has 4 nitrogen and oxygen atoms in total. The van der Waals surface area contributed by atoms with Crippen LogP contribution >= 0.6 is 8.25 Å². The summed E-state index contributed by atoms with van der Waals surface area (Å²) in [6.45, 7) is 13.6. The second-order valence-corrected chi connectivity index (χ2v) is 7.70. The molecule has 0 bridgehead atoms. The van der Waals surface area contributed by atoms with Gasteiger partial charge in [0.2, 0.25) is 0 Å². The van der Waals surface area contributed by atoms with Gasteiger partial charge >= 0.3 is 8.25 Å². The molecule has 20 heavy (non-hydrogen) atoms. The molecule has 0 radical (unpaired) electrons. The van der Waals surface area contributed by atoms with Gasteiger partial charge in [0.1, 0.15) is 13.2 Å². The second-order valence-electron chi connectivity index (χ2n) is 6.74. The Morgan fingerprint density at radius 1 is 1.10 bits per heavy atom. The number of hydrogen-bond acceptors (Lipinski definition) is 4. The van der Waals surface area contributed by atoms with Gasteiger partial charge in [0.05, 0.1) is 12.2 Å². The lowest BCUT2D eigenvalue weighted by Gasteiger charge is -2.21. The van der Waals surface area contributed by atoms with Crippen LogP contribution in [0.3, 0.4) is 0 Å². The van der Waals surface area contributed by atoms with Crippen molar-refractivity contribution in [1.82, 2.24) is 0 Å². The molecule has 0 saturated carbocycles. The van der Waals surface area contributed by atoms with Crippen LogP contribution in [0.25, 0.3) is 0 Å². The van der Waals surface area contributed by atoms with E-state index in [1.54, 1.807) is 0 Å². The lowest BCUT2D eigenvalue weighted by molar-refractivity contribution is 0.00693. The topological polar surface area (TPSA) is 44.8 Å². The summed E-state index contributed by atoms with van der Waals surface area (Å²) in [7, 11) is -2.03. The molecule has 0 amide bonds. The van der Waals surface area contributed by atoms with Crippen LogP contribution in [0.1, 0.15) is 48.0 Å². The Morgan fingerprint density at radius 2 is 1.75 bits per heavy atom. The summed E-state index contributed by atoms with van der Waals surface area (Å²) >= 11 is 0. The minimum absolute atomic E-state index is 0.0315. The van der Waals surface area contributed by atoms with Crippen LogP contribution in [-0.2, 0) is 18.3 Å². The highest BCUT2D eigenvalue weighted by Crippen LogP contribution is 2.38. The second kappa shape index (κ2) is 8.43. The maximum Gasteiger partial charge on any atom is 0.697 e. The van der Waals surface area contributed by atoms with Gasteiger partial charge in [0.25, 0.3) is 0 Å². The molecule has 118 valence electrons. The summed E-state index contributed by atoms with van der Waals surface area (Å²) in [5.41, 5.74) is 0. The van der Waals surface area contributed by atoms with Gasteiger partial charge in [-0.15, -0.1) is 9.05 Å². The van der Waals surface area contributed by atoms with Gasteiger partial charge in [-0.1, -0.05) is 34.6 Å². The Balaban J connectivity index is 2.42. The lowest BCUT2D eigenvalue weighted by atomic mass is 9.83. The summed E-state index contributed by atoms with van der Waals surface area (Å²) in [5.74, 6) is 1.97. The molecule has 1 fully saturated rings. The quantitative estimate of drug-likeness (QED) is 0.623. The van der Waals surface area contributed by atoms with Crippen molar-refractivity contribution in [3.05, 3.63) is 0 Å². The van der Waals surface area contributed by atoms with Gasteiger partial charge in [-0.05, 0) is 37.0 Å². The first kappa shape index (κ1) is 18.0. The molecular weight excluding hydrogens is 275 g/mol. The van der Waals surface area contributed by atoms with E-state index in [9.17, 15) is 4.57 Å². The van der Waals surface area contributed by atoms with Crippen molar-refractivity contribution in [2.45, 2.75) is 60.2 Å². The van der Waals surface area contributed by atoms with Gasteiger partial charge in [0, 0.05) is 4.57 Å². The zero-order chi connectivity index (χ0) is 15.3. The maximum atomic E-state index is 11.6. The van der Waals surface area contributed by atoms with E-state index in [4.69, 9.17) is 13.8 Å². The summed E-state index contributed by atoms with van der Waals surface area (Å²) in [4.78, 5) is 0. The van der Waals surface area contributed by atoms with E-state index in [-0.39, 0.29) is 12.2 Å². The third-order valence-corrected chi connectivity index (χ3v) is 4.60. The van der Waals surface area contributed by atoms with Crippen molar-refractivity contribution in [3.8, 4) is 0 Å². The highest BCUT2D eigenvalue weighted by atomic mass is 31.1.